The van der Waals surface area contributed by atoms with Gasteiger partial charge in [0.15, 0.2) is 0 Å². The molecule has 1 aromatic heterocycles. The van der Waals surface area contributed by atoms with E-state index < -0.39 is 0 Å². The Morgan fingerprint density at radius 3 is 2.95 bits per heavy atom. The lowest BCUT2D eigenvalue weighted by Crippen LogP contribution is -2.29. The van der Waals surface area contributed by atoms with E-state index in [2.05, 4.69) is 0 Å². The number of nitrogens with two attached hydrogens (primary N) is 1. The summed E-state index contributed by atoms with van der Waals surface area (Å²) >= 11 is 0. The summed E-state index contributed by atoms with van der Waals surface area (Å²) in [5.74, 6) is 0. The minimum Gasteiger partial charge on any atom is -0.398 e. The van der Waals surface area contributed by atoms with Crippen LogP contribution in [0.15, 0.2) is 23.1 Å². The van der Waals surface area contributed by atoms with Crippen molar-refractivity contribution in [1.82, 2.24) is 4.57 Å². The third kappa shape index (κ3) is 4.08. The SMILES string of the molecule is COC1CCCC(OCCn2cc(N)ccc2=O)C1. The van der Waals surface area contributed by atoms with Gasteiger partial charge < -0.3 is 19.8 Å². The topological polar surface area (TPSA) is 66.5 Å². The van der Waals surface area contributed by atoms with Crippen molar-refractivity contribution < 1.29 is 9.47 Å². The molecule has 2 atom stereocenters. The molecule has 2 N–H and O–H groups in total. The lowest BCUT2D eigenvalue weighted by atomic mass is 9.95. The minimum atomic E-state index is -0.0452. The molecule has 5 heteroatoms. The molecule has 0 aliphatic heterocycles. The smallest absolute Gasteiger partial charge is 0.250 e. The number of nitrogens with zero attached hydrogens (tertiary/aromatic N) is 1. The Balaban J connectivity index is 1.80. The van der Waals surface area contributed by atoms with Crippen LogP contribution in [0.1, 0.15) is 25.7 Å². The third-order valence-electron chi connectivity index (χ3n) is 3.60. The van der Waals surface area contributed by atoms with Crippen LogP contribution < -0.4 is 11.3 Å². The number of rotatable bonds is 5. The monoisotopic (exact) mass is 266 g/mol. The van der Waals surface area contributed by atoms with Gasteiger partial charge >= 0.3 is 0 Å². The maximum absolute atomic E-state index is 11.6. The Morgan fingerprint density at radius 2 is 2.16 bits per heavy atom. The van der Waals surface area contributed by atoms with E-state index in [0.29, 0.717) is 24.9 Å². The Labute approximate surface area is 113 Å². The molecule has 2 rings (SSSR count). The van der Waals surface area contributed by atoms with E-state index in [1.165, 1.54) is 6.07 Å². The number of nitrogen functional groups attached to an aromatic ring is 1. The molecule has 1 aliphatic carbocycles. The fraction of sp³-hybridized carbons (Fsp3) is 0.643. The van der Waals surface area contributed by atoms with Crippen LogP contribution in [0.2, 0.25) is 0 Å². The minimum absolute atomic E-state index is 0.0452. The molecule has 0 spiro atoms. The fourth-order valence-electron chi connectivity index (χ4n) is 2.51. The lowest BCUT2D eigenvalue weighted by molar-refractivity contribution is -0.0315. The average Bonchev–Trinajstić information content (AvgIpc) is 2.43. The summed E-state index contributed by atoms with van der Waals surface area (Å²) in [4.78, 5) is 11.6. The van der Waals surface area contributed by atoms with Crippen molar-refractivity contribution in [3.8, 4) is 0 Å². The molecule has 1 aliphatic rings. The fourth-order valence-corrected chi connectivity index (χ4v) is 2.51. The van der Waals surface area contributed by atoms with Gasteiger partial charge in [-0.3, -0.25) is 4.79 Å². The highest BCUT2D eigenvalue weighted by Gasteiger charge is 2.21. The van der Waals surface area contributed by atoms with Crippen molar-refractivity contribution in [3.05, 3.63) is 28.7 Å². The number of pyridine rings is 1. The number of hydrogen-bond acceptors (Lipinski definition) is 4. The zero-order valence-electron chi connectivity index (χ0n) is 11.4. The number of ether oxygens (including phenoxy) is 2. The van der Waals surface area contributed by atoms with Gasteiger partial charge in [-0.05, 0) is 31.7 Å². The molecule has 19 heavy (non-hydrogen) atoms. The van der Waals surface area contributed by atoms with Crippen LogP contribution in [0.25, 0.3) is 0 Å². The van der Waals surface area contributed by atoms with Gasteiger partial charge in [0.05, 0.1) is 18.8 Å². The Bertz CT molecular complexity index is 458. The molecule has 1 saturated carbocycles. The first kappa shape index (κ1) is 14.1. The molecular weight excluding hydrogens is 244 g/mol. The zero-order valence-corrected chi connectivity index (χ0v) is 11.4. The first-order chi connectivity index (χ1) is 9.19. The summed E-state index contributed by atoms with van der Waals surface area (Å²) in [6, 6.07) is 3.10. The number of aromatic nitrogens is 1. The third-order valence-corrected chi connectivity index (χ3v) is 3.60. The molecular formula is C14H22N2O3. The van der Waals surface area contributed by atoms with Gasteiger partial charge in [-0.15, -0.1) is 0 Å². The number of hydrogen-bond donors (Lipinski definition) is 1. The van der Waals surface area contributed by atoms with Crippen LogP contribution in [0.3, 0.4) is 0 Å². The van der Waals surface area contributed by atoms with Crippen molar-refractivity contribution >= 4 is 5.69 Å². The molecule has 0 bridgehead atoms. The van der Waals surface area contributed by atoms with Crippen LogP contribution in [0.4, 0.5) is 5.69 Å². The van der Waals surface area contributed by atoms with Gasteiger partial charge in [-0.1, -0.05) is 0 Å². The molecule has 0 saturated heterocycles. The van der Waals surface area contributed by atoms with E-state index in [9.17, 15) is 4.79 Å². The molecule has 0 aromatic carbocycles. The van der Waals surface area contributed by atoms with Crippen molar-refractivity contribution in [3.63, 3.8) is 0 Å². The zero-order chi connectivity index (χ0) is 13.7. The standard InChI is InChI=1S/C14H22N2O3/c1-18-12-3-2-4-13(9-12)19-8-7-16-10-11(15)5-6-14(16)17/h5-6,10,12-13H,2-4,7-9,15H2,1H3. The maximum atomic E-state index is 11.6. The summed E-state index contributed by atoms with van der Waals surface area (Å²) in [6.45, 7) is 1.07. The first-order valence-corrected chi connectivity index (χ1v) is 6.79. The van der Waals surface area contributed by atoms with E-state index in [1.807, 2.05) is 0 Å². The van der Waals surface area contributed by atoms with Gasteiger partial charge in [0.2, 0.25) is 0 Å². The highest BCUT2D eigenvalue weighted by molar-refractivity contribution is 5.33. The summed E-state index contributed by atoms with van der Waals surface area (Å²) in [5.41, 5.74) is 6.21. The summed E-state index contributed by atoms with van der Waals surface area (Å²) < 4.78 is 12.8. The molecule has 2 unspecified atom stereocenters. The van der Waals surface area contributed by atoms with Gasteiger partial charge in [0.1, 0.15) is 0 Å². The van der Waals surface area contributed by atoms with Crippen LogP contribution in [0.5, 0.6) is 0 Å². The van der Waals surface area contributed by atoms with E-state index in [4.69, 9.17) is 15.2 Å². The molecule has 106 valence electrons. The molecule has 1 aromatic rings. The molecule has 1 heterocycles. The largest absolute Gasteiger partial charge is 0.398 e. The highest BCUT2D eigenvalue weighted by atomic mass is 16.5. The van der Waals surface area contributed by atoms with Gasteiger partial charge in [-0.2, -0.15) is 0 Å². The summed E-state index contributed by atoms with van der Waals surface area (Å²) in [5, 5.41) is 0. The Morgan fingerprint density at radius 1 is 1.37 bits per heavy atom. The van der Waals surface area contributed by atoms with Crippen LogP contribution in [-0.2, 0) is 16.0 Å². The second-order valence-corrected chi connectivity index (χ2v) is 5.01. The van der Waals surface area contributed by atoms with E-state index in [0.717, 1.165) is 25.7 Å². The van der Waals surface area contributed by atoms with Crippen LogP contribution in [0, 0.1) is 0 Å². The summed E-state index contributed by atoms with van der Waals surface area (Å²) in [6.07, 6.45) is 6.50. The molecule has 0 radical (unpaired) electrons. The van der Waals surface area contributed by atoms with Crippen molar-refractivity contribution in [1.29, 1.82) is 0 Å². The maximum Gasteiger partial charge on any atom is 0.250 e. The summed E-state index contributed by atoms with van der Waals surface area (Å²) in [7, 11) is 1.75. The quantitative estimate of drug-likeness (QED) is 0.875. The van der Waals surface area contributed by atoms with Gasteiger partial charge in [0, 0.05) is 31.6 Å². The average molecular weight is 266 g/mol. The van der Waals surface area contributed by atoms with Gasteiger partial charge in [-0.25, -0.2) is 0 Å². The number of anilines is 1. The van der Waals surface area contributed by atoms with E-state index >= 15 is 0 Å². The first-order valence-electron chi connectivity index (χ1n) is 6.79. The lowest BCUT2D eigenvalue weighted by Gasteiger charge is -2.28. The van der Waals surface area contributed by atoms with Gasteiger partial charge in [0.25, 0.3) is 5.56 Å². The molecule has 0 amide bonds. The van der Waals surface area contributed by atoms with E-state index in [-0.39, 0.29) is 11.7 Å². The second kappa shape index (κ2) is 6.73. The molecule has 5 nitrogen and oxygen atoms in total. The van der Waals surface area contributed by atoms with Crippen molar-refractivity contribution in [2.24, 2.45) is 0 Å². The van der Waals surface area contributed by atoms with Crippen molar-refractivity contribution in [2.75, 3.05) is 19.5 Å². The predicted octanol–water partition coefficient (Wildman–Crippen LogP) is 1.40. The van der Waals surface area contributed by atoms with Crippen LogP contribution >= 0.6 is 0 Å². The highest BCUT2D eigenvalue weighted by Crippen LogP contribution is 2.22. The second-order valence-electron chi connectivity index (χ2n) is 5.01. The molecule has 1 fully saturated rings. The predicted molar refractivity (Wildman–Crippen MR) is 74.1 cm³/mol. The van der Waals surface area contributed by atoms with Crippen LogP contribution in [-0.4, -0.2) is 30.5 Å². The normalized spacial score (nSPS) is 23.4. The van der Waals surface area contributed by atoms with E-state index in [1.54, 1.807) is 23.9 Å². The van der Waals surface area contributed by atoms with Crippen molar-refractivity contribution in [2.45, 2.75) is 44.4 Å². The Kier molecular flexibility index (Phi) is 4.99. The number of methoxy groups -OCH3 is 1. The Hall–Kier alpha value is -1.33.